The standard InChI is InChI=1S/C14H21Cl2NO3/c1-11-9-12(15)10-13(16)14(11)20-8-7-19-6-4-17(2)3-5-18/h9-10,18H,3-8H2,1-2H3/p+1. The fraction of sp³-hybridized carbons (Fsp3) is 0.571. The molecule has 0 aromatic heterocycles. The van der Waals surface area contributed by atoms with Crippen molar-refractivity contribution in [3.05, 3.63) is 27.7 Å². The van der Waals surface area contributed by atoms with Crippen molar-refractivity contribution in [1.29, 1.82) is 0 Å². The lowest BCUT2D eigenvalue weighted by molar-refractivity contribution is -0.880. The molecule has 0 heterocycles. The SMILES string of the molecule is Cc1cc(Cl)cc(Cl)c1OCCOCC[NH+](C)CCO. The number of ether oxygens (including phenoxy) is 2. The molecule has 0 bridgehead atoms. The highest BCUT2D eigenvalue weighted by Crippen LogP contribution is 2.31. The van der Waals surface area contributed by atoms with Crippen molar-refractivity contribution >= 4 is 23.2 Å². The molecule has 0 aliphatic rings. The summed E-state index contributed by atoms with van der Waals surface area (Å²) >= 11 is 12.0. The van der Waals surface area contributed by atoms with E-state index in [1.165, 1.54) is 4.90 Å². The number of benzene rings is 1. The van der Waals surface area contributed by atoms with Crippen LogP contribution in [0, 0.1) is 6.92 Å². The van der Waals surface area contributed by atoms with E-state index in [1.807, 2.05) is 20.0 Å². The van der Waals surface area contributed by atoms with Gasteiger partial charge in [0, 0.05) is 5.02 Å². The first-order chi connectivity index (χ1) is 9.54. The number of rotatable bonds is 9. The summed E-state index contributed by atoms with van der Waals surface area (Å²) in [4.78, 5) is 1.24. The summed E-state index contributed by atoms with van der Waals surface area (Å²) in [6.45, 7) is 5.29. The van der Waals surface area contributed by atoms with Crippen LogP contribution in [0.5, 0.6) is 5.75 Å². The first-order valence-corrected chi connectivity index (χ1v) is 7.38. The maximum absolute atomic E-state index is 8.77. The third-order valence-electron chi connectivity index (χ3n) is 2.88. The normalized spacial score (nSPS) is 12.4. The van der Waals surface area contributed by atoms with Crippen LogP contribution in [0.25, 0.3) is 0 Å². The van der Waals surface area contributed by atoms with Crippen molar-refractivity contribution in [2.45, 2.75) is 6.92 Å². The van der Waals surface area contributed by atoms with Crippen LogP contribution in [0.3, 0.4) is 0 Å². The molecule has 2 N–H and O–H groups in total. The summed E-state index contributed by atoms with van der Waals surface area (Å²) in [5, 5.41) is 9.89. The molecule has 0 amide bonds. The zero-order valence-electron chi connectivity index (χ0n) is 11.9. The Morgan fingerprint density at radius 2 is 1.90 bits per heavy atom. The summed E-state index contributed by atoms with van der Waals surface area (Å²) in [6.07, 6.45) is 0. The molecule has 0 fully saturated rings. The Kier molecular flexibility index (Phi) is 8.26. The molecule has 1 atom stereocenters. The largest absolute Gasteiger partial charge is 0.489 e. The van der Waals surface area contributed by atoms with Crippen LogP contribution in [-0.2, 0) is 4.74 Å². The van der Waals surface area contributed by atoms with E-state index < -0.39 is 0 Å². The number of hydrogen-bond acceptors (Lipinski definition) is 3. The van der Waals surface area contributed by atoms with Gasteiger partial charge in [0.25, 0.3) is 0 Å². The third-order valence-corrected chi connectivity index (χ3v) is 3.38. The number of aliphatic hydroxyl groups excluding tert-OH is 1. The molecular formula is C14H22Cl2NO3+. The van der Waals surface area contributed by atoms with E-state index in [0.717, 1.165) is 18.7 Å². The number of hydrogen-bond donors (Lipinski definition) is 2. The van der Waals surface area contributed by atoms with Gasteiger partial charge in [-0.1, -0.05) is 23.2 Å². The van der Waals surface area contributed by atoms with Crippen molar-refractivity contribution in [2.24, 2.45) is 0 Å². The molecule has 1 aromatic carbocycles. The smallest absolute Gasteiger partial charge is 0.141 e. The fourth-order valence-electron chi connectivity index (χ4n) is 1.74. The molecule has 1 unspecified atom stereocenters. The average Bonchev–Trinajstić information content (AvgIpc) is 2.36. The molecule has 0 saturated carbocycles. The van der Waals surface area contributed by atoms with E-state index >= 15 is 0 Å². The van der Waals surface area contributed by atoms with Crippen LogP contribution in [0.15, 0.2) is 12.1 Å². The Hall–Kier alpha value is -0.520. The van der Waals surface area contributed by atoms with E-state index in [2.05, 4.69) is 0 Å². The first kappa shape index (κ1) is 17.5. The highest BCUT2D eigenvalue weighted by atomic mass is 35.5. The van der Waals surface area contributed by atoms with Crippen LogP contribution in [-0.4, -0.2) is 51.7 Å². The fourth-order valence-corrected chi connectivity index (χ4v) is 2.39. The minimum atomic E-state index is 0.198. The Bertz CT molecular complexity index is 392. The first-order valence-electron chi connectivity index (χ1n) is 6.63. The highest BCUT2D eigenvalue weighted by molar-refractivity contribution is 6.35. The Morgan fingerprint density at radius 3 is 2.55 bits per heavy atom. The van der Waals surface area contributed by atoms with Crippen LogP contribution < -0.4 is 9.64 Å². The van der Waals surface area contributed by atoms with Gasteiger partial charge in [0.1, 0.15) is 25.4 Å². The Labute approximate surface area is 130 Å². The Balaban J connectivity index is 2.22. The topological polar surface area (TPSA) is 43.1 Å². The molecule has 4 nitrogen and oxygen atoms in total. The van der Waals surface area contributed by atoms with Gasteiger partial charge < -0.3 is 19.5 Å². The summed E-state index contributed by atoms with van der Waals surface area (Å²) in [5.74, 6) is 0.655. The number of aliphatic hydroxyl groups is 1. The number of halogens is 2. The quantitative estimate of drug-likeness (QED) is 0.671. The van der Waals surface area contributed by atoms with Crippen molar-refractivity contribution in [3.63, 3.8) is 0 Å². The maximum Gasteiger partial charge on any atom is 0.141 e. The number of quaternary nitrogens is 1. The van der Waals surface area contributed by atoms with Crippen LogP contribution >= 0.6 is 23.2 Å². The molecule has 0 saturated heterocycles. The van der Waals surface area contributed by atoms with E-state index in [-0.39, 0.29) is 6.61 Å². The minimum absolute atomic E-state index is 0.198. The Morgan fingerprint density at radius 1 is 1.15 bits per heavy atom. The van der Waals surface area contributed by atoms with Gasteiger partial charge in [-0.3, -0.25) is 0 Å². The molecule has 114 valence electrons. The van der Waals surface area contributed by atoms with Gasteiger partial charge in [-0.05, 0) is 24.6 Å². The van der Waals surface area contributed by atoms with E-state index in [0.29, 0.717) is 35.6 Å². The van der Waals surface area contributed by atoms with E-state index in [9.17, 15) is 0 Å². The average molecular weight is 323 g/mol. The van der Waals surface area contributed by atoms with Crippen LogP contribution in [0.4, 0.5) is 0 Å². The van der Waals surface area contributed by atoms with Gasteiger partial charge in [0.2, 0.25) is 0 Å². The zero-order chi connectivity index (χ0) is 15.0. The summed E-state index contributed by atoms with van der Waals surface area (Å²) in [6, 6.07) is 3.48. The van der Waals surface area contributed by atoms with Crippen LogP contribution in [0.1, 0.15) is 5.56 Å². The highest BCUT2D eigenvalue weighted by Gasteiger charge is 2.07. The van der Waals surface area contributed by atoms with Gasteiger partial charge in [-0.2, -0.15) is 0 Å². The maximum atomic E-state index is 8.77. The molecule has 0 spiro atoms. The monoisotopic (exact) mass is 322 g/mol. The molecule has 1 rings (SSSR count). The lowest BCUT2D eigenvalue weighted by Crippen LogP contribution is -3.10. The van der Waals surface area contributed by atoms with Gasteiger partial charge in [-0.15, -0.1) is 0 Å². The molecule has 0 aliphatic carbocycles. The van der Waals surface area contributed by atoms with Crippen LogP contribution in [0.2, 0.25) is 10.0 Å². The van der Waals surface area contributed by atoms with E-state index in [4.69, 9.17) is 37.8 Å². The predicted octanol–water partition coefficient (Wildman–Crippen LogP) is 1.20. The number of nitrogens with one attached hydrogen (secondary N) is 1. The third kappa shape index (κ3) is 6.29. The van der Waals surface area contributed by atoms with Gasteiger partial charge >= 0.3 is 0 Å². The van der Waals surface area contributed by atoms with Crippen molar-refractivity contribution in [3.8, 4) is 5.75 Å². The lowest BCUT2D eigenvalue weighted by Gasteiger charge is -2.13. The molecule has 0 aliphatic heterocycles. The summed E-state index contributed by atoms with van der Waals surface area (Å²) in [7, 11) is 2.02. The van der Waals surface area contributed by atoms with Crippen molar-refractivity contribution in [2.75, 3.05) is 46.6 Å². The summed E-state index contributed by atoms with van der Waals surface area (Å²) < 4.78 is 11.1. The number of likely N-dealkylation sites (N-methyl/N-ethyl adjacent to an activating group) is 1. The minimum Gasteiger partial charge on any atom is -0.489 e. The van der Waals surface area contributed by atoms with Gasteiger partial charge in [0.05, 0.1) is 31.9 Å². The molecule has 20 heavy (non-hydrogen) atoms. The molecule has 0 radical (unpaired) electrons. The second kappa shape index (κ2) is 9.42. The summed E-state index contributed by atoms with van der Waals surface area (Å²) in [5.41, 5.74) is 0.912. The lowest BCUT2D eigenvalue weighted by atomic mass is 10.2. The number of aryl methyl sites for hydroxylation is 1. The van der Waals surface area contributed by atoms with Gasteiger partial charge in [-0.25, -0.2) is 0 Å². The predicted molar refractivity (Wildman–Crippen MR) is 81.2 cm³/mol. The molecule has 6 heteroatoms. The molecular weight excluding hydrogens is 301 g/mol. The van der Waals surface area contributed by atoms with Gasteiger partial charge in [0.15, 0.2) is 0 Å². The second-order valence-electron chi connectivity index (χ2n) is 4.68. The second-order valence-corrected chi connectivity index (χ2v) is 5.52. The van der Waals surface area contributed by atoms with Crippen molar-refractivity contribution in [1.82, 2.24) is 0 Å². The van der Waals surface area contributed by atoms with Crippen molar-refractivity contribution < 1.29 is 19.5 Å². The zero-order valence-corrected chi connectivity index (χ0v) is 13.4. The van der Waals surface area contributed by atoms with E-state index in [1.54, 1.807) is 6.07 Å². The molecule has 1 aromatic rings.